The number of hydrogen-bond acceptors (Lipinski definition) is 1. The summed E-state index contributed by atoms with van der Waals surface area (Å²) in [4.78, 5) is 0. The molecule has 0 atom stereocenters. The molecule has 0 spiro atoms. The Hall–Kier alpha value is -0.220. The van der Waals surface area contributed by atoms with Gasteiger partial charge >= 0.3 is 6.18 Å². The molecular weight excluding hydrogens is 197 g/mol. The highest BCUT2D eigenvalue weighted by Gasteiger charge is 2.35. The summed E-state index contributed by atoms with van der Waals surface area (Å²) in [5, 5.41) is 1.39. The van der Waals surface area contributed by atoms with E-state index in [1.165, 1.54) is 12.3 Å². The Kier molecular flexibility index (Phi) is 2.16. The summed E-state index contributed by atoms with van der Waals surface area (Å²) >= 11 is 6.23. The Balaban J connectivity index is 3.21. The topological polar surface area (TPSA) is 0 Å². The van der Waals surface area contributed by atoms with Crippen molar-refractivity contribution in [1.82, 2.24) is 0 Å². The largest absolute Gasteiger partial charge is 0.418 e. The van der Waals surface area contributed by atoms with Gasteiger partial charge in [0.25, 0.3) is 0 Å². The van der Waals surface area contributed by atoms with Crippen LogP contribution in [0.5, 0.6) is 0 Å². The fourth-order valence-corrected chi connectivity index (χ4v) is 1.93. The molecule has 0 nitrogen and oxygen atoms in total. The standard InChI is InChI=1S/C6H4ClF3S/c1-3-2-11-5(7)4(3)6(8,9)10/h2H,1H3. The monoisotopic (exact) mass is 200 g/mol. The molecule has 0 amide bonds. The van der Waals surface area contributed by atoms with E-state index in [9.17, 15) is 13.2 Å². The van der Waals surface area contributed by atoms with Gasteiger partial charge in [0.15, 0.2) is 0 Å². The third-order valence-corrected chi connectivity index (χ3v) is 2.55. The van der Waals surface area contributed by atoms with Gasteiger partial charge in [-0.05, 0) is 17.9 Å². The third-order valence-electron chi connectivity index (χ3n) is 1.21. The lowest BCUT2D eigenvalue weighted by atomic mass is 10.2. The van der Waals surface area contributed by atoms with Crippen LogP contribution in [0.2, 0.25) is 4.34 Å². The molecule has 1 rings (SSSR count). The van der Waals surface area contributed by atoms with E-state index in [0.29, 0.717) is 0 Å². The molecule has 0 bridgehead atoms. The quantitative estimate of drug-likeness (QED) is 0.599. The molecule has 0 fully saturated rings. The highest BCUT2D eigenvalue weighted by atomic mass is 35.5. The molecule has 0 radical (unpaired) electrons. The third kappa shape index (κ3) is 1.68. The predicted octanol–water partition coefficient (Wildman–Crippen LogP) is 3.73. The zero-order chi connectivity index (χ0) is 8.65. The summed E-state index contributed by atoms with van der Waals surface area (Å²) in [7, 11) is 0. The van der Waals surface area contributed by atoms with Gasteiger partial charge in [-0.25, -0.2) is 0 Å². The molecule has 0 saturated heterocycles. The summed E-state index contributed by atoms with van der Waals surface area (Å²) in [6.07, 6.45) is -4.32. The van der Waals surface area contributed by atoms with E-state index in [1.807, 2.05) is 0 Å². The second-order valence-electron chi connectivity index (χ2n) is 2.07. The highest BCUT2D eigenvalue weighted by molar-refractivity contribution is 7.14. The maximum Gasteiger partial charge on any atom is 0.418 e. The van der Waals surface area contributed by atoms with E-state index in [2.05, 4.69) is 0 Å². The minimum atomic E-state index is -4.32. The average Bonchev–Trinajstić information content (AvgIpc) is 2.08. The van der Waals surface area contributed by atoms with Crippen LogP contribution in [0.1, 0.15) is 11.1 Å². The van der Waals surface area contributed by atoms with Crippen LogP contribution >= 0.6 is 22.9 Å². The molecule has 0 unspecified atom stereocenters. The van der Waals surface area contributed by atoms with Crippen molar-refractivity contribution < 1.29 is 13.2 Å². The van der Waals surface area contributed by atoms with Crippen LogP contribution in [-0.2, 0) is 6.18 Å². The Morgan fingerprint density at radius 2 is 2.00 bits per heavy atom. The van der Waals surface area contributed by atoms with Crippen molar-refractivity contribution in [3.05, 3.63) is 20.8 Å². The van der Waals surface area contributed by atoms with Crippen LogP contribution in [0.3, 0.4) is 0 Å². The van der Waals surface area contributed by atoms with Gasteiger partial charge in [0.2, 0.25) is 0 Å². The van der Waals surface area contributed by atoms with Gasteiger partial charge in [0, 0.05) is 0 Å². The van der Waals surface area contributed by atoms with Crippen molar-refractivity contribution in [1.29, 1.82) is 0 Å². The highest BCUT2D eigenvalue weighted by Crippen LogP contribution is 2.40. The van der Waals surface area contributed by atoms with E-state index >= 15 is 0 Å². The van der Waals surface area contributed by atoms with E-state index < -0.39 is 11.7 Å². The molecule has 62 valence electrons. The summed E-state index contributed by atoms with van der Waals surface area (Å²) < 4.78 is 36.0. The maximum atomic E-state index is 12.1. The smallest absolute Gasteiger partial charge is 0.166 e. The van der Waals surface area contributed by atoms with Gasteiger partial charge in [0.1, 0.15) is 4.34 Å². The van der Waals surface area contributed by atoms with Gasteiger partial charge < -0.3 is 0 Å². The Labute approximate surface area is 70.6 Å². The fraction of sp³-hybridized carbons (Fsp3) is 0.333. The minimum Gasteiger partial charge on any atom is -0.166 e. The Morgan fingerprint density at radius 1 is 1.45 bits per heavy atom. The molecular formula is C6H4ClF3S. The Bertz CT molecular complexity index is 244. The van der Waals surface area contributed by atoms with Crippen LogP contribution < -0.4 is 0 Å². The molecule has 0 aliphatic rings. The van der Waals surface area contributed by atoms with Crippen LogP contribution in [0.25, 0.3) is 0 Å². The number of halogens is 4. The van der Waals surface area contributed by atoms with Crippen molar-refractivity contribution in [3.8, 4) is 0 Å². The van der Waals surface area contributed by atoms with E-state index in [-0.39, 0.29) is 9.90 Å². The lowest BCUT2D eigenvalue weighted by Crippen LogP contribution is -2.05. The zero-order valence-electron chi connectivity index (χ0n) is 5.50. The molecule has 0 aliphatic carbocycles. The summed E-state index contributed by atoms with van der Waals surface area (Å²) in [6, 6.07) is 0. The van der Waals surface area contributed by atoms with Gasteiger partial charge in [-0.1, -0.05) is 11.6 Å². The van der Waals surface area contributed by atoms with Crippen molar-refractivity contribution in [2.45, 2.75) is 13.1 Å². The molecule has 1 aromatic rings. The second kappa shape index (κ2) is 2.68. The van der Waals surface area contributed by atoms with Gasteiger partial charge in [0.05, 0.1) is 5.56 Å². The van der Waals surface area contributed by atoms with E-state index in [1.54, 1.807) is 0 Å². The molecule has 0 saturated carbocycles. The van der Waals surface area contributed by atoms with Gasteiger partial charge in [-0.2, -0.15) is 13.2 Å². The predicted molar refractivity (Wildman–Crippen MR) is 39.1 cm³/mol. The molecule has 5 heteroatoms. The van der Waals surface area contributed by atoms with Crippen LogP contribution in [-0.4, -0.2) is 0 Å². The summed E-state index contributed by atoms with van der Waals surface area (Å²) in [5.74, 6) is 0. The number of alkyl halides is 3. The maximum absolute atomic E-state index is 12.1. The summed E-state index contributed by atoms with van der Waals surface area (Å²) in [6.45, 7) is 1.39. The fourth-order valence-electron chi connectivity index (χ4n) is 0.748. The lowest BCUT2D eigenvalue weighted by Gasteiger charge is -2.05. The average molecular weight is 201 g/mol. The van der Waals surface area contributed by atoms with Crippen LogP contribution in [0, 0.1) is 6.92 Å². The van der Waals surface area contributed by atoms with Gasteiger partial charge in [-0.3, -0.25) is 0 Å². The molecule has 1 aromatic heterocycles. The molecule has 0 N–H and O–H groups in total. The molecule has 11 heavy (non-hydrogen) atoms. The molecule has 1 heterocycles. The lowest BCUT2D eigenvalue weighted by molar-refractivity contribution is -0.137. The first-order chi connectivity index (χ1) is 4.93. The number of hydrogen-bond donors (Lipinski definition) is 0. The van der Waals surface area contributed by atoms with Crippen LogP contribution in [0.15, 0.2) is 5.38 Å². The molecule has 0 aliphatic heterocycles. The summed E-state index contributed by atoms with van der Waals surface area (Å²) in [5.41, 5.74) is -0.517. The number of rotatable bonds is 0. The van der Waals surface area contributed by atoms with Crippen molar-refractivity contribution in [2.75, 3.05) is 0 Å². The van der Waals surface area contributed by atoms with Crippen LogP contribution in [0.4, 0.5) is 13.2 Å². The normalized spacial score (nSPS) is 12.1. The first kappa shape index (κ1) is 8.87. The zero-order valence-corrected chi connectivity index (χ0v) is 7.07. The first-order valence-corrected chi connectivity index (χ1v) is 3.99. The molecule has 0 aromatic carbocycles. The van der Waals surface area contributed by atoms with E-state index in [4.69, 9.17) is 11.6 Å². The SMILES string of the molecule is Cc1csc(Cl)c1C(F)(F)F. The Morgan fingerprint density at radius 3 is 2.18 bits per heavy atom. The van der Waals surface area contributed by atoms with Crippen molar-refractivity contribution in [3.63, 3.8) is 0 Å². The number of aryl methyl sites for hydroxylation is 1. The van der Waals surface area contributed by atoms with E-state index in [0.717, 1.165) is 11.3 Å². The van der Waals surface area contributed by atoms with Crippen molar-refractivity contribution >= 4 is 22.9 Å². The van der Waals surface area contributed by atoms with Gasteiger partial charge in [-0.15, -0.1) is 11.3 Å². The first-order valence-electron chi connectivity index (χ1n) is 2.73. The second-order valence-corrected chi connectivity index (χ2v) is 3.55. The van der Waals surface area contributed by atoms with Crippen molar-refractivity contribution in [2.24, 2.45) is 0 Å². The number of thiophene rings is 1. The minimum absolute atomic E-state index is 0.185.